The number of nitrogens with one attached hydrogen (secondary N) is 2. The van der Waals surface area contributed by atoms with Crippen molar-refractivity contribution in [3.8, 4) is 0 Å². The molecule has 3 amide bonds. The highest BCUT2D eigenvalue weighted by Crippen LogP contribution is 2.29. The number of benzene rings is 1. The number of carbonyl (C=O) groups excluding carboxylic acids is 3. The van der Waals surface area contributed by atoms with Crippen LogP contribution < -0.4 is 10.6 Å². The van der Waals surface area contributed by atoms with Gasteiger partial charge in [-0.05, 0) is 51.0 Å². The third-order valence-corrected chi connectivity index (χ3v) is 5.00. The predicted molar refractivity (Wildman–Crippen MR) is 102 cm³/mol. The fraction of sp³-hybridized carbons (Fsp3) is 0.550. The number of hydrogen-bond donors (Lipinski definition) is 2. The van der Waals surface area contributed by atoms with E-state index in [4.69, 9.17) is 0 Å². The van der Waals surface area contributed by atoms with Crippen LogP contribution in [-0.2, 0) is 9.59 Å². The lowest BCUT2D eigenvalue weighted by atomic mass is 9.80. The molecular formula is C20H29N3O3. The molecule has 6 heteroatoms. The maximum absolute atomic E-state index is 12.8. The number of amides is 3. The van der Waals surface area contributed by atoms with Gasteiger partial charge in [0.25, 0.3) is 5.91 Å². The molecule has 1 fully saturated rings. The van der Waals surface area contributed by atoms with Gasteiger partial charge in [0.15, 0.2) is 0 Å². The Morgan fingerprint density at radius 2 is 1.58 bits per heavy atom. The lowest BCUT2D eigenvalue weighted by Gasteiger charge is -2.36. The van der Waals surface area contributed by atoms with Gasteiger partial charge in [-0.25, -0.2) is 0 Å². The average molecular weight is 359 g/mol. The van der Waals surface area contributed by atoms with Gasteiger partial charge < -0.3 is 15.5 Å². The van der Waals surface area contributed by atoms with Crippen LogP contribution in [0.3, 0.4) is 0 Å². The molecule has 2 N–H and O–H groups in total. The van der Waals surface area contributed by atoms with Crippen LogP contribution in [0.5, 0.6) is 0 Å². The minimum Gasteiger partial charge on any atom is -0.342 e. The molecule has 142 valence electrons. The quantitative estimate of drug-likeness (QED) is 0.820. The monoisotopic (exact) mass is 359 g/mol. The molecule has 0 unspecified atom stereocenters. The van der Waals surface area contributed by atoms with Crippen molar-refractivity contribution in [2.45, 2.75) is 58.4 Å². The third-order valence-electron chi connectivity index (χ3n) is 5.00. The van der Waals surface area contributed by atoms with Crippen molar-refractivity contribution < 1.29 is 14.4 Å². The molecule has 0 saturated heterocycles. The molecule has 1 aliphatic rings. The van der Waals surface area contributed by atoms with Crippen molar-refractivity contribution in [2.24, 2.45) is 0 Å². The van der Waals surface area contributed by atoms with Gasteiger partial charge in [0.1, 0.15) is 5.54 Å². The number of rotatable bonds is 6. The van der Waals surface area contributed by atoms with Crippen molar-refractivity contribution >= 4 is 23.4 Å². The van der Waals surface area contributed by atoms with Crippen LogP contribution in [0.2, 0.25) is 0 Å². The Labute approximate surface area is 155 Å². The minimum atomic E-state index is -0.834. The van der Waals surface area contributed by atoms with E-state index in [-0.39, 0.29) is 17.7 Å². The Morgan fingerprint density at radius 3 is 2.08 bits per heavy atom. The van der Waals surface area contributed by atoms with E-state index in [9.17, 15) is 14.4 Å². The molecule has 0 aromatic heterocycles. The van der Waals surface area contributed by atoms with E-state index >= 15 is 0 Å². The van der Waals surface area contributed by atoms with Crippen LogP contribution in [0.1, 0.15) is 63.2 Å². The van der Waals surface area contributed by atoms with Gasteiger partial charge in [-0.15, -0.1) is 0 Å². The topological polar surface area (TPSA) is 78.5 Å². The molecule has 0 aliphatic heterocycles. The van der Waals surface area contributed by atoms with E-state index in [0.717, 1.165) is 19.3 Å². The number of hydrogen-bond acceptors (Lipinski definition) is 3. The lowest BCUT2D eigenvalue weighted by molar-refractivity contribution is -0.130. The lowest BCUT2D eigenvalue weighted by Crippen LogP contribution is -2.57. The van der Waals surface area contributed by atoms with Gasteiger partial charge in [-0.1, -0.05) is 19.3 Å². The predicted octanol–water partition coefficient (Wildman–Crippen LogP) is 2.95. The molecule has 2 rings (SSSR count). The summed E-state index contributed by atoms with van der Waals surface area (Å²) in [6.07, 6.45) is 4.22. The summed E-state index contributed by atoms with van der Waals surface area (Å²) in [6, 6.07) is 6.92. The molecular weight excluding hydrogens is 330 g/mol. The summed E-state index contributed by atoms with van der Waals surface area (Å²) in [7, 11) is 0. The summed E-state index contributed by atoms with van der Waals surface area (Å²) in [5.74, 6) is -0.396. The number of anilines is 1. The van der Waals surface area contributed by atoms with Crippen molar-refractivity contribution in [1.29, 1.82) is 0 Å². The Balaban J connectivity index is 2.10. The zero-order valence-electron chi connectivity index (χ0n) is 15.9. The first kappa shape index (κ1) is 19.9. The minimum absolute atomic E-state index is 0.0186. The highest BCUT2D eigenvalue weighted by Gasteiger charge is 2.40. The molecule has 1 saturated carbocycles. The molecule has 1 aliphatic carbocycles. The Bertz CT molecular complexity index is 645. The summed E-state index contributed by atoms with van der Waals surface area (Å²) < 4.78 is 0. The maximum atomic E-state index is 12.8. The Morgan fingerprint density at radius 1 is 1.00 bits per heavy atom. The first-order valence-corrected chi connectivity index (χ1v) is 9.41. The van der Waals surface area contributed by atoms with E-state index in [1.54, 1.807) is 29.2 Å². The van der Waals surface area contributed by atoms with Crippen molar-refractivity contribution in [2.75, 3.05) is 18.4 Å². The van der Waals surface area contributed by atoms with E-state index in [2.05, 4.69) is 10.6 Å². The molecule has 0 heterocycles. The summed E-state index contributed by atoms with van der Waals surface area (Å²) in [5, 5.41) is 5.77. The smallest absolute Gasteiger partial charge is 0.253 e. The van der Waals surface area contributed by atoms with Crippen LogP contribution in [0, 0.1) is 0 Å². The average Bonchev–Trinajstić information content (AvgIpc) is 2.63. The molecule has 1 aromatic carbocycles. The molecule has 6 nitrogen and oxygen atoms in total. The van der Waals surface area contributed by atoms with Gasteiger partial charge in [0, 0.05) is 31.3 Å². The molecule has 0 spiro atoms. The Hall–Kier alpha value is -2.37. The second-order valence-corrected chi connectivity index (χ2v) is 6.83. The van der Waals surface area contributed by atoms with Crippen molar-refractivity contribution in [3.63, 3.8) is 0 Å². The zero-order chi connectivity index (χ0) is 19.2. The van der Waals surface area contributed by atoms with Crippen LogP contribution in [0.25, 0.3) is 0 Å². The van der Waals surface area contributed by atoms with Gasteiger partial charge in [0.05, 0.1) is 0 Å². The highest BCUT2D eigenvalue weighted by atomic mass is 16.2. The van der Waals surface area contributed by atoms with E-state index in [1.807, 2.05) is 13.8 Å². The SMILES string of the molecule is CCN(CC)C(=O)c1ccc(NC(=O)C2(NC(C)=O)CCCCC2)cc1. The van der Waals surface area contributed by atoms with Crippen LogP contribution in [0.15, 0.2) is 24.3 Å². The highest BCUT2D eigenvalue weighted by molar-refractivity contribution is 6.01. The van der Waals surface area contributed by atoms with Crippen LogP contribution >= 0.6 is 0 Å². The first-order valence-electron chi connectivity index (χ1n) is 9.41. The third kappa shape index (κ3) is 4.62. The summed E-state index contributed by atoms with van der Waals surface area (Å²) in [4.78, 5) is 38.5. The summed E-state index contributed by atoms with van der Waals surface area (Å²) in [6.45, 7) is 6.65. The van der Waals surface area contributed by atoms with Gasteiger partial charge in [0.2, 0.25) is 11.8 Å². The normalized spacial score (nSPS) is 15.8. The summed E-state index contributed by atoms with van der Waals surface area (Å²) >= 11 is 0. The van der Waals surface area contributed by atoms with E-state index < -0.39 is 5.54 Å². The zero-order valence-corrected chi connectivity index (χ0v) is 15.9. The van der Waals surface area contributed by atoms with Gasteiger partial charge >= 0.3 is 0 Å². The van der Waals surface area contributed by atoms with Crippen molar-refractivity contribution in [1.82, 2.24) is 10.2 Å². The van der Waals surface area contributed by atoms with Gasteiger partial charge in [-0.2, -0.15) is 0 Å². The first-order chi connectivity index (χ1) is 12.4. The summed E-state index contributed by atoms with van der Waals surface area (Å²) in [5.41, 5.74) is 0.391. The van der Waals surface area contributed by atoms with Crippen LogP contribution in [-0.4, -0.2) is 41.2 Å². The molecule has 26 heavy (non-hydrogen) atoms. The molecule has 0 radical (unpaired) electrons. The fourth-order valence-corrected chi connectivity index (χ4v) is 3.54. The largest absolute Gasteiger partial charge is 0.342 e. The van der Waals surface area contributed by atoms with E-state index in [0.29, 0.717) is 37.2 Å². The fourth-order valence-electron chi connectivity index (χ4n) is 3.54. The Kier molecular flexibility index (Phi) is 6.77. The second-order valence-electron chi connectivity index (χ2n) is 6.83. The number of nitrogens with zero attached hydrogens (tertiary/aromatic N) is 1. The maximum Gasteiger partial charge on any atom is 0.253 e. The van der Waals surface area contributed by atoms with Crippen LogP contribution in [0.4, 0.5) is 5.69 Å². The number of carbonyl (C=O) groups is 3. The molecule has 0 bridgehead atoms. The standard InChI is InChI=1S/C20H29N3O3/c1-4-23(5-2)18(25)16-9-11-17(12-10-16)21-19(26)20(22-15(3)24)13-7-6-8-14-20/h9-12H,4-8,13-14H2,1-3H3,(H,21,26)(H,22,24). The second kappa shape index (κ2) is 8.83. The molecule has 1 aromatic rings. The van der Waals surface area contributed by atoms with E-state index in [1.165, 1.54) is 6.92 Å². The van der Waals surface area contributed by atoms with Crippen molar-refractivity contribution in [3.05, 3.63) is 29.8 Å². The van der Waals surface area contributed by atoms with Gasteiger partial charge in [-0.3, -0.25) is 14.4 Å². The molecule has 0 atom stereocenters.